The minimum absolute atomic E-state index is 0.155. The van der Waals surface area contributed by atoms with Crippen molar-refractivity contribution in [1.82, 2.24) is 4.98 Å². The summed E-state index contributed by atoms with van der Waals surface area (Å²) in [6.07, 6.45) is 0. The van der Waals surface area contributed by atoms with E-state index in [4.69, 9.17) is 14.0 Å². The number of carbonyl (C=O) groups excluding carboxylic acids is 1. The normalized spacial score (nSPS) is 12.8. The fourth-order valence-corrected chi connectivity index (χ4v) is 5.63. The average Bonchev–Trinajstić information content (AvgIpc) is 3.16. The summed E-state index contributed by atoms with van der Waals surface area (Å²) in [7, 11) is 0.708. The number of rotatable bonds is 7. The zero-order chi connectivity index (χ0) is 21.9. The quantitative estimate of drug-likeness (QED) is 0.412. The van der Waals surface area contributed by atoms with Crippen LogP contribution in [0.15, 0.2) is 42.5 Å². The highest BCUT2D eigenvalue weighted by Crippen LogP contribution is 2.47. The Morgan fingerprint density at radius 3 is 2.33 bits per heavy atom. The summed E-state index contributed by atoms with van der Waals surface area (Å²) in [6, 6.07) is 12.8. The van der Waals surface area contributed by atoms with E-state index >= 15 is 0 Å². The Hall–Kier alpha value is -2.67. The van der Waals surface area contributed by atoms with Gasteiger partial charge in [-0.2, -0.15) is 0 Å². The van der Waals surface area contributed by atoms with Crippen molar-refractivity contribution >= 4 is 35.9 Å². The lowest BCUT2D eigenvalue weighted by atomic mass is 10.2. The molecule has 0 bridgehead atoms. The van der Waals surface area contributed by atoms with Gasteiger partial charge in [0.05, 0.1) is 19.5 Å². The van der Waals surface area contributed by atoms with Gasteiger partial charge >= 0.3 is 13.5 Å². The first-order chi connectivity index (χ1) is 14.3. The highest BCUT2D eigenvalue weighted by Gasteiger charge is 2.31. The maximum absolute atomic E-state index is 13.6. The first-order valence-electron chi connectivity index (χ1n) is 9.06. The summed E-state index contributed by atoms with van der Waals surface area (Å²) in [5, 5.41) is 3.98. The molecule has 0 radical (unpaired) electrons. The van der Waals surface area contributed by atoms with Gasteiger partial charge in [0.2, 0.25) is 0 Å². The Morgan fingerprint density at radius 2 is 1.77 bits per heavy atom. The van der Waals surface area contributed by atoms with Crippen LogP contribution in [0.4, 0.5) is 5.82 Å². The zero-order valence-corrected chi connectivity index (χ0v) is 19.1. The van der Waals surface area contributed by atoms with Crippen molar-refractivity contribution in [3.63, 3.8) is 0 Å². The second-order valence-corrected chi connectivity index (χ2v) is 9.73. The molecule has 1 atom stereocenters. The Bertz CT molecular complexity index is 1110. The van der Waals surface area contributed by atoms with Crippen molar-refractivity contribution in [2.45, 2.75) is 13.8 Å². The highest BCUT2D eigenvalue weighted by molar-refractivity contribution is 7.68. The summed E-state index contributed by atoms with van der Waals surface area (Å²) in [4.78, 5) is 17.1. The number of thiazole rings is 1. The van der Waals surface area contributed by atoms with E-state index in [0.717, 1.165) is 28.0 Å². The first-order valence-corrected chi connectivity index (χ1v) is 11.5. The highest BCUT2D eigenvalue weighted by atomic mass is 32.1. The summed E-state index contributed by atoms with van der Waals surface area (Å²) >= 11 is 1.15. The van der Waals surface area contributed by atoms with Crippen LogP contribution in [0.1, 0.15) is 20.8 Å². The molecule has 30 heavy (non-hydrogen) atoms. The van der Waals surface area contributed by atoms with Gasteiger partial charge in [0, 0.05) is 12.7 Å². The van der Waals surface area contributed by atoms with E-state index in [1.807, 2.05) is 38.1 Å². The molecule has 0 aliphatic carbocycles. The van der Waals surface area contributed by atoms with Crippen LogP contribution in [-0.2, 0) is 13.8 Å². The van der Waals surface area contributed by atoms with E-state index in [2.05, 4.69) is 10.1 Å². The van der Waals surface area contributed by atoms with E-state index in [0.29, 0.717) is 16.1 Å². The molecule has 0 saturated heterocycles. The van der Waals surface area contributed by atoms with Gasteiger partial charge in [-0.15, -0.1) is 11.3 Å². The minimum atomic E-state index is -3.53. The molecule has 0 aliphatic heterocycles. The Morgan fingerprint density at radius 1 is 1.07 bits per heavy atom. The van der Waals surface area contributed by atoms with E-state index in [-0.39, 0.29) is 10.7 Å². The Balaban J connectivity index is 2.05. The Kier molecular flexibility index (Phi) is 6.61. The van der Waals surface area contributed by atoms with Crippen molar-refractivity contribution in [1.29, 1.82) is 0 Å². The summed E-state index contributed by atoms with van der Waals surface area (Å²) in [5.74, 6) is 0.293. The van der Waals surface area contributed by atoms with Crippen LogP contribution in [0.2, 0.25) is 0 Å². The van der Waals surface area contributed by atoms with E-state index in [9.17, 15) is 9.36 Å². The van der Waals surface area contributed by atoms with E-state index < -0.39 is 13.5 Å². The van der Waals surface area contributed by atoms with E-state index in [1.54, 1.807) is 25.3 Å². The van der Waals surface area contributed by atoms with Gasteiger partial charge in [0.15, 0.2) is 10.7 Å². The lowest BCUT2D eigenvalue weighted by Crippen LogP contribution is -2.17. The van der Waals surface area contributed by atoms with Crippen LogP contribution in [0.25, 0.3) is 10.6 Å². The molecule has 3 aromatic rings. The molecule has 0 spiro atoms. The third-order valence-electron chi connectivity index (χ3n) is 4.51. The smallest absolute Gasteiger partial charge is 0.351 e. The van der Waals surface area contributed by atoms with Gasteiger partial charge in [-0.25, -0.2) is 9.78 Å². The maximum Gasteiger partial charge on any atom is 0.351 e. The molecule has 0 fully saturated rings. The number of aromatic nitrogens is 1. The molecule has 0 saturated carbocycles. The lowest BCUT2D eigenvalue weighted by molar-refractivity contribution is 0.0607. The van der Waals surface area contributed by atoms with Crippen LogP contribution >= 0.6 is 18.9 Å². The Labute approximate surface area is 179 Å². The number of anilines is 1. The van der Waals surface area contributed by atoms with Gasteiger partial charge < -0.3 is 14.0 Å². The minimum Gasteiger partial charge on any atom is -0.497 e. The van der Waals surface area contributed by atoms with Crippen LogP contribution in [0.5, 0.6) is 5.75 Å². The molecule has 2 aromatic carbocycles. The number of nitrogens with zero attached hydrogens (tertiary/aromatic N) is 1. The SMILES string of the molecule is COC(=O)c1sc(-c2ccc(OC)cc2)nc1NP(=O)(OC)c1ccc(C)cc1C. The second-order valence-electron chi connectivity index (χ2n) is 6.55. The number of aryl methyl sites for hydroxylation is 2. The lowest BCUT2D eigenvalue weighted by Gasteiger charge is -2.20. The summed E-state index contributed by atoms with van der Waals surface area (Å²) in [5.41, 5.74) is 2.65. The predicted octanol–water partition coefficient (Wildman–Crippen LogP) is 4.80. The van der Waals surface area contributed by atoms with Gasteiger partial charge in [0.1, 0.15) is 10.8 Å². The summed E-state index contributed by atoms with van der Waals surface area (Å²) in [6.45, 7) is 3.82. The van der Waals surface area contributed by atoms with Crippen molar-refractivity contribution in [2.75, 3.05) is 26.4 Å². The van der Waals surface area contributed by atoms with Gasteiger partial charge in [-0.05, 0) is 49.7 Å². The molecule has 1 unspecified atom stereocenters. The van der Waals surface area contributed by atoms with E-state index in [1.165, 1.54) is 14.2 Å². The molecule has 9 heteroatoms. The van der Waals surface area contributed by atoms with Crippen molar-refractivity contribution in [2.24, 2.45) is 0 Å². The fraction of sp³-hybridized carbons (Fsp3) is 0.238. The van der Waals surface area contributed by atoms with Crippen LogP contribution in [0, 0.1) is 13.8 Å². The van der Waals surface area contributed by atoms with Crippen molar-refractivity contribution in [3.8, 4) is 16.3 Å². The molecule has 1 aromatic heterocycles. The number of ether oxygens (including phenoxy) is 2. The molecular weight excluding hydrogens is 423 g/mol. The van der Waals surface area contributed by atoms with Crippen molar-refractivity contribution < 1.29 is 23.4 Å². The van der Waals surface area contributed by atoms with Crippen LogP contribution < -0.4 is 15.1 Å². The number of benzene rings is 2. The third kappa shape index (κ3) is 4.41. The number of carbonyl (C=O) groups is 1. The molecular formula is C21H23N2O5PS. The monoisotopic (exact) mass is 446 g/mol. The van der Waals surface area contributed by atoms with Gasteiger partial charge in [-0.3, -0.25) is 9.65 Å². The molecule has 0 amide bonds. The van der Waals surface area contributed by atoms with Crippen LogP contribution in [-0.4, -0.2) is 32.3 Å². The largest absolute Gasteiger partial charge is 0.497 e. The van der Waals surface area contributed by atoms with Gasteiger partial charge in [0.25, 0.3) is 0 Å². The summed E-state index contributed by atoms with van der Waals surface area (Å²) < 4.78 is 29.1. The third-order valence-corrected chi connectivity index (χ3v) is 7.76. The molecule has 3 rings (SSSR count). The number of nitrogens with one attached hydrogen (secondary N) is 1. The average molecular weight is 446 g/mol. The first kappa shape index (κ1) is 22.0. The number of esters is 1. The topological polar surface area (TPSA) is 86.8 Å². The molecule has 1 N–H and O–H groups in total. The predicted molar refractivity (Wildman–Crippen MR) is 119 cm³/mol. The molecule has 7 nitrogen and oxygen atoms in total. The number of methoxy groups -OCH3 is 2. The standard InChI is InChI=1S/C21H23N2O5PS/c1-13-6-11-17(14(2)12-13)29(25,28-5)23-19-18(21(24)27-4)30-20(22-19)15-7-9-16(26-3)10-8-15/h6-12H,1-5H3,(H,23,25). The second kappa shape index (κ2) is 9.00. The molecule has 0 aliphatic rings. The number of hydrogen-bond donors (Lipinski definition) is 1. The molecule has 158 valence electrons. The fourth-order valence-electron chi connectivity index (χ4n) is 2.96. The molecule has 1 heterocycles. The number of hydrogen-bond acceptors (Lipinski definition) is 7. The zero-order valence-electron chi connectivity index (χ0n) is 17.4. The van der Waals surface area contributed by atoms with Gasteiger partial charge in [-0.1, -0.05) is 17.7 Å². The van der Waals surface area contributed by atoms with Crippen LogP contribution in [0.3, 0.4) is 0 Å². The maximum atomic E-state index is 13.6. The van der Waals surface area contributed by atoms with Crippen molar-refractivity contribution in [3.05, 3.63) is 58.5 Å².